The maximum atomic E-state index is 12.2. The number of nitrogens with zero attached hydrogens (tertiary/aromatic N) is 2. The van der Waals surface area contributed by atoms with Crippen LogP contribution in [0.2, 0.25) is 0 Å². The van der Waals surface area contributed by atoms with Gasteiger partial charge in [0.2, 0.25) is 0 Å². The fourth-order valence-corrected chi connectivity index (χ4v) is 3.58. The van der Waals surface area contributed by atoms with Crippen molar-refractivity contribution >= 4 is 22.5 Å². The molecule has 140 valence electrons. The van der Waals surface area contributed by atoms with Gasteiger partial charge in [-0.05, 0) is 49.6 Å². The van der Waals surface area contributed by atoms with Crippen LogP contribution in [-0.4, -0.2) is 28.2 Å². The zero-order valence-corrected chi connectivity index (χ0v) is 16.4. The van der Waals surface area contributed by atoms with Crippen LogP contribution in [-0.2, 0) is 6.54 Å². The lowest BCUT2D eigenvalue weighted by Gasteiger charge is -2.15. The Morgan fingerprint density at radius 1 is 1.22 bits per heavy atom. The standard InChI is InChI=1S/C22H26N4O/c1-5-6-12-26-13-10-17-18(26)9-11-25-21(17)20(23)19-14(2)7-8-16(15(19)3)22(27)24-4/h7-11,13,23H,5-6,12H2,1-4H3,(H,24,27). The van der Waals surface area contributed by atoms with E-state index in [4.69, 9.17) is 5.41 Å². The highest BCUT2D eigenvalue weighted by atomic mass is 16.1. The van der Waals surface area contributed by atoms with Crippen LogP contribution in [0.1, 0.15) is 52.5 Å². The molecule has 1 amide bonds. The number of rotatable bonds is 6. The normalized spacial score (nSPS) is 11.0. The third kappa shape index (κ3) is 3.37. The number of nitrogens with one attached hydrogen (secondary N) is 2. The molecule has 0 saturated carbocycles. The number of unbranched alkanes of at least 4 members (excludes halogenated alkanes) is 1. The van der Waals surface area contributed by atoms with Gasteiger partial charge >= 0.3 is 0 Å². The van der Waals surface area contributed by atoms with E-state index in [1.54, 1.807) is 13.2 Å². The number of carbonyl (C=O) groups excluding carboxylic acids is 1. The molecule has 2 aromatic heterocycles. The molecule has 1 aromatic carbocycles. The summed E-state index contributed by atoms with van der Waals surface area (Å²) >= 11 is 0. The summed E-state index contributed by atoms with van der Waals surface area (Å²) in [6.07, 6.45) is 6.09. The number of aromatic nitrogens is 2. The van der Waals surface area contributed by atoms with Crippen LogP contribution in [0.4, 0.5) is 0 Å². The lowest BCUT2D eigenvalue weighted by molar-refractivity contribution is 0.0962. The summed E-state index contributed by atoms with van der Waals surface area (Å²) in [4.78, 5) is 16.7. The number of amides is 1. The number of aryl methyl sites for hydroxylation is 2. The Hall–Kier alpha value is -2.95. The molecule has 0 radical (unpaired) electrons. The second kappa shape index (κ2) is 7.74. The average Bonchev–Trinajstić information content (AvgIpc) is 3.08. The van der Waals surface area contributed by atoms with Crippen molar-refractivity contribution < 1.29 is 4.79 Å². The summed E-state index contributed by atoms with van der Waals surface area (Å²) in [5.74, 6) is -0.140. The highest BCUT2D eigenvalue weighted by molar-refractivity contribution is 6.18. The van der Waals surface area contributed by atoms with Crippen molar-refractivity contribution in [3.8, 4) is 0 Å². The summed E-state index contributed by atoms with van der Waals surface area (Å²) < 4.78 is 2.22. The number of hydrogen-bond acceptors (Lipinski definition) is 3. The Labute approximate surface area is 159 Å². The van der Waals surface area contributed by atoms with Crippen LogP contribution >= 0.6 is 0 Å². The predicted octanol–water partition coefficient (Wildman–Crippen LogP) is 4.23. The quantitative estimate of drug-likeness (QED) is 0.644. The molecule has 5 nitrogen and oxygen atoms in total. The van der Waals surface area contributed by atoms with Crippen LogP contribution in [0.3, 0.4) is 0 Å². The summed E-state index contributed by atoms with van der Waals surface area (Å²) in [6, 6.07) is 7.75. The van der Waals surface area contributed by atoms with Gasteiger partial charge in [0, 0.05) is 42.5 Å². The molecule has 5 heteroatoms. The molecule has 0 unspecified atom stereocenters. The monoisotopic (exact) mass is 362 g/mol. The Balaban J connectivity index is 2.12. The molecule has 0 aliphatic heterocycles. The second-order valence-corrected chi connectivity index (χ2v) is 6.84. The molecule has 0 aliphatic carbocycles. The molecule has 0 fully saturated rings. The highest BCUT2D eigenvalue weighted by Gasteiger charge is 2.19. The van der Waals surface area contributed by atoms with Crippen LogP contribution in [0.25, 0.3) is 10.9 Å². The number of benzene rings is 1. The summed E-state index contributed by atoms with van der Waals surface area (Å²) in [5.41, 5.74) is 5.25. The molecule has 0 spiro atoms. The van der Waals surface area contributed by atoms with Crippen LogP contribution in [0.5, 0.6) is 0 Å². The Morgan fingerprint density at radius 3 is 2.70 bits per heavy atom. The van der Waals surface area contributed by atoms with Crippen molar-refractivity contribution in [3.05, 3.63) is 64.6 Å². The van der Waals surface area contributed by atoms with Gasteiger partial charge in [0.15, 0.2) is 0 Å². The van der Waals surface area contributed by atoms with Crippen LogP contribution < -0.4 is 5.32 Å². The molecule has 0 atom stereocenters. The largest absolute Gasteiger partial charge is 0.355 e. The first-order valence-electron chi connectivity index (χ1n) is 9.35. The van der Waals surface area contributed by atoms with E-state index in [-0.39, 0.29) is 5.91 Å². The first-order valence-corrected chi connectivity index (χ1v) is 9.35. The molecule has 2 heterocycles. The van der Waals surface area contributed by atoms with Gasteiger partial charge in [-0.3, -0.25) is 15.2 Å². The predicted molar refractivity (Wildman–Crippen MR) is 110 cm³/mol. The fourth-order valence-electron chi connectivity index (χ4n) is 3.58. The average molecular weight is 362 g/mol. The zero-order valence-electron chi connectivity index (χ0n) is 16.4. The van der Waals surface area contributed by atoms with Crippen molar-refractivity contribution in [2.24, 2.45) is 0 Å². The molecule has 3 aromatic rings. The van der Waals surface area contributed by atoms with Gasteiger partial charge in [-0.2, -0.15) is 0 Å². The van der Waals surface area contributed by atoms with E-state index >= 15 is 0 Å². The zero-order chi connectivity index (χ0) is 19.6. The maximum Gasteiger partial charge on any atom is 0.251 e. The SMILES string of the molecule is CCCCn1ccc2c(C(=N)c3c(C)ccc(C(=O)NC)c3C)nccc21. The van der Waals surface area contributed by atoms with Gasteiger partial charge in [-0.15, -0.1) is 0 Å². The van der Waals surface area contributed by atoms with Crippen molar-refractivity contribution in [1.29, 1.82) is 5.41 Å². The molecular weight excluding hydrogens is 336 g/mol. The number of hydrogen-bond donors (Lipinski definition) is 2. The van der Waals surface area contributed by atoms with E-state index in [2.05, 4.69) is 28.0 Å². The second-order valence-electron chi connectivity index (χ2n) is 6.84. The van der Waals surface area contributed by atoms with Gasteiger partial charge in [-0.1, -0.05) is 19.4 Å². The molecule has 3 rings (SSSR count). The minimum Gasteiger partial charge on any atom is -0.355 e. The summed E-state index contributed by atoms with van der Waals surface area (Å²) in [5, 5.41) is 12.5. The van der Waals surface area contributed by atoms with E-state index in [0.717, 1.165) is 47.0 Å². The number of carbonyl (C=O) groups is 1. The van der Waals surface area contributed by atoms with E-state index in [9.17, 15) is 4.79 Å². The van der Waals surface area contributed by atoms with Crippen LogP contribution in [0.15, 0.2) is 36.7 Å². The molecule has 27 heavy (non-hydrogen) atoms. The first-order chi connectivity index (χ1) is 13.0. The fraction of sp³-hybridized carbons (Fsp3) is 0.318. The van der Waals surface area contributed by atoms with E-state index in [1.807, 2.05) is 38.1 Å². The van der Waals surface area contributed by atoms with Gasteiger partial charge in [0.05, 0.1) is 16.9 Å². The number of pyridine rings is 1. The van der Waals surface area contributed by atoms with Crippen molar-refractivity contribution in [1.82, 2.24) is 14.9 Å². The summed E-state index contributed by atoms with van der Waals surface area (Å²) in [7, 11) is 1.62. The third-order valence-corrected chi connectivity index (χ3v) is 5.08. The van der Waals surface area contributed by atoms with Crippen molar-refractivity contribution in [3.63, 3.8) is 0 Å². The van der Waals surface area contributed by atoms with E-state index < -0.39 is 0 Å². The summed E-state index contributed by atoms with van der Waals surface area (Å²) in [6.45, 7) is 7.01. The lowest BCUT2D eigenvalue weighted by Crippen LogP contribution is -2.21. The smallest absolute Gasteiger partial charge is 0.251 e. The maximum absolute atomic E-state index is 12.2. The van der Waals surface area contributed by atoms with Gasteiger partial charge in [0.1, 0.15) is 0 Å². The number of fused-ring (bicyclic) bond motifs is 1. The highest BCUT2D eigenvalue weighted by Crippen LogP contribution is 2.26. The van der Waals surface area contributed by atoms with Gasteiger partial charge < -0.3 is 9.88 Å². The molecule has 0 bridgehead atoms. The molecular formula is C22H26N4O. The Morgan fingerprint density at radius 2 is 2.00 bits per heavy atom. The third-order valence-electron chi connectivity index (χ3n) is 5.08. The molecule has 0 aliphatic rings. The van der Waals surface area contributed by atoms with Gasteiger partial charge in [0.25, 0.3) is 5.91 Å². The molecule has 0 saturated heterocycles. The van der Waals surface area contributed by atoms with E-state index in [0.29, 0.717) is 17.0 Å². The first kappa shape index (κ1) is 18.8. The Kier molecular flexibility index (Phi) is 5.40. The minimum absolute atomic E-state index is 0.140. The minimum atomic E-state index is -0.140. The Bertz CT molecular complexity index is 1020. The molecule has 2 N–H and O–H groups in total. The van der Waals surface area contributed by atoms with Crippen LogP contribution in [0, 0.1) is 19.3 Å². The lowest BCUT2D eigenvalue weighted by atomic mass is 9.91. The van der Waals surface area contributed by atoms with Gasteiger partial charge in [-0.25, -0.2) is 0 Å². The van der Waals surface area contributed by atoms with E-state index in [1.165, 1.54) is 0 Å². The van der Waals surface area contributed by atoms with Crippen molar-refractivity contribution in [2.45, 2.75) is 40.2 Å². The van der Waals surface area contributed by atoms with Crippen molar-refractivity contribution in [2.75, 3.05) is 7.05 Å². The topological polar surface area (TPSA) is 70.8 Å².